The van der Waals surface area contributed by atoms with Crippen molar-refractivity contribution >= 4 is 23.4 Å². The number of carbonyl (C=O) groups is 1. The van der Waals surface area contributed by atoms with Crippen molar-refractivity contribution in [3.05, 3.63) is 48.2 Å². The Hall–Kier alpha value is -2.52. The fourth-order valence-electron chi connectivity index (χ4n) is 1.72. The molecule has 0 spiro atoms. The molecule has 0 aliphatic rings. The normalized spacial score (nSPS) is 9.82. The third-order valence-corrected chi connectivity index (χ3v) is 3.69. The predicted molar refractivity (Wildman–Crippen MR) is 85.9 cm³/mol. The maximum atomic E-state index is 11.9. The van der Waals surface area contributed by atoms with Crippen molar-refractivity contribution < 1.29 is 9.53 Å². The van der Waals surface area contributed by atoms with Gasteiger partial charge in [0, 0.05) is 11.9 Å². The molecule has 22 heavy (non-hydrogen) atoms. The molecule has 112 valence electrons. The van der Waals surface area contributed by atoms with Crippen LogP contribution in [0.4, 0.5) is 5.69 Å². The molecule has 0 bridgehead atoms. The lowest BCUT2D eigenvalue weighted by atomic mass is 10.3. The van der Waals surface area contributed by atoms with Gasteiger partial charge in [0.15, 0.2) is 0 Å². The van der Waals surface area contributed by atoms with Crippen molar-refractivity contribution in [2.45, 2.75) is 11.9 Å². The number of anilines is 1. The van der Waals surface area contributed by atoms with Gasteiger partial charge in [-0.25, -0.2) is 4.98 Å². The summed E-state index contributed by atoms with van der Waals surface area (Å²) in [7, 11) is 0. The smallest absolute Gasteiger partial charge is 0.234 e. The minimum atomic E-state index is -0.149. The van der Waals surface area contributed by atoms with Crippen LogP contribution in [0.5, 0.6) is 5.75 Å². The van der Waals surface area contributed by atoms with Crippen molar-refractivity contribution in [1.82, 2.24) is 4.98 Å². The minimum Gasteiger partial charge on any atom is -0.494 e. The summed E-state index contributed by atoms with van der Waals surface area (Å²) in [5.41, 5.74) is 1.18. The number of rotatable bonds is 6. The second kappa shape index (κ2) is 8.05. The van der Waals surface area contributed by atoms with E-state index in [0.717, 1.165) is 5.75 Å². The Bertz CT molecular complexity index is 681. The first kappa shape index (κ1) is 15.9. The molecule has 5 nitrogen and oxygen atoms in total. The molecule has 0 unspecified atom stereocenters. The van der Waals surface area contributed by atoms with E-state index in [1.54, 1.807) is 42.6 Å². The third kappa shape index (κ3) is 4.50. The molecule has 0 radical (unpaired) electrons. The van der Waals surface area contributed by atoms with Gasteiger partial charge in [-0.1, -0.05) is 11.8 Å². The summed E-state index contributed by atoms with van der Waals surface area (Å²) < 4.78 is 5.34. The zero-order chi connectivity index (χ0) is 15.8. The molecule has 0 aliphatic carbocycles. The Balaban J connectivity index is 1.89. The molecular weight excluding hydrogens is 298 g/mol. The van der Waals surface area contributed by atoms with E-state index in [2.05, 4.69) is 16.4 Å². The first-order valence-electron chi connectivity index (χ1n) is 6.73. The average molecular weight is 313 g/mol. The minimum absolute atomic E-state index is 0.149. The summed E-state index contributed by atoms with van der Waals surface area (Å²) in [4.78, 5) is 16.0. The number of ether oxygens (including phenoxy) is 1. The molecule has 1 N–H and O–H groups in total. The average Bonchev–Trinajstić information content (AvgIpc) is 2.55. The number of pyridine rings is 1. The third-order valence-electron chi connectivity index (χ3n) is 2.68. The van der Waals surface area contributed by atoms with Crippen LogP contribution in [0.3, 0.4) is 0 Å². The first-order chi connectivity index (χ1) is 10.7. The number of hydrogen-bond acceptors (Lipinski definition) is 5. The fourth-order valence-corrected chi connectivity index (χ4v) is 2.47. The van der Waals surface area contributed by atoms with Crippen molar-refractivity contribution in [3.63, 3.8) is 0 Å². The standard InChI is InChI=1S/C16H15N3O2S/c1-2-21-14-7-5-13(6-8-14)19-15(20)11-22-16-12(10-17)4-3-9-18-16/h3-9H,2,11H2,1H3,(H,19,20). The molecule has 1 aromatic heterocycles. The van der Waals surface area contributed by atoms with Gasteiger partial charge in [-0.15, -0.1) is 0 Å². The van der Waals surface area contributed by atoms with Crippen LogP contribution in [0.25, 0.3) is 0 Å². The van der Waals surface area contributed by atoms with Crippen LogP contribution in [-0.2, 0) is 4.79 Å². The summed E-state index contributed by atoms with van der Waals surface area (Å²) in [5, 5.41) is 12.3. The summed E-state index contributed by atoms with van der Waals surface area (Å²) >= 11 is 1.24. The van der Waals surface area contributed by atoms with E-state index in [4.69, 9.17) is 10.00 Å². The predicted octanol–water partition coefficient (Wildman–Crippen LogP) is 3.08. The van der Waals surface area contributed by atoms with E-state index < -0.39 is 0 Å². The highest BCUT2D eigenvalue weighted by Gasteiger charge is 2.08. The van der Waals surface area contributed by atoms with Gasteiger partial charge >= 0.3 is 0 Å². The monoisotopic (exact) mass is 313 g/mol. The molecule has 0 saturated carbocycles. The number of hydrogen-bond donors (Lipinski definition) is 1. The topological polar surface area (TPSA) is 75.0 Å². The number of nitrogens with one attached hydrogen (secondary N) is 1. The van der Waals surface area contributed by atoms with Crippen LogP contribution in [0.15, 0.2) is 47.6 Å². The lowest BCUT2D eigenvalue weighted by Gasteiger charge is -2.07. The molecule has 1 aromatic carbocycles. The zero-order valence-electron chi connectivity index (χ0n) is 12.1. The summed E-state index contributed by atoms with van der Waals surface area (Å²) in [6.45, 7) is 2.52. The SMILES string of the molecule is CCOc1ccc(NC(=O)CSc2ncccc2C#N)cc1. The van der Waals surface area contributed by atoms with Gasteiger partial charge in [0.05, 0.1) is 17.9 Å². The van der Waals surface area contributed by atoms with Crippen LogP contribution < -0.4 is 10.1 Å². The fraction of sp³-hybridized carbons (Fsp3) is 0.188. The molecule has 2 rings (SSSR count). The Labute approximate surface area is 133 Å². The van der Waals surface area contributed by atoms with E-state index in [1.165, 1.54) is 11.8 Å². The van der Waals surface area contributed by atoms with Gasteiger partial charge in [0.25, 0.3) is 0 Å². The van der Waals surface area contributed by atoms with E-state index in [-0.39, 0.29) is 11.7 Å². The largest absolute Gasteiger partial charge is 0.494 e. The lowest BCUT2D eigenvalue weighted by molar-refractivity contribution is -0.113. The molecule has 0 fully saturated rings. The molecular formula is C16H15N3O2S. The maximum Gasteiger partial charge on any atom is 0.234 e. The van der Waals surface area contributed by atoms with E-state index in [1.807, 2.05) is 6.92 Å². The van der Waals surface area contributed by atoms with Crippen molar-refractivity contribution in [2.24, 2.45) is 0 Å². The van der Waals surface area contributed by atoms with Gasteiger partial charge in [-0.2, -0.15) is 5.26 Å². The van der Waals surface area contributed by atoms with Crippen molar-refractivity contribution in [3.8, 4) is 11.8 Å². The highest BCUT2D eigenvalue weighted by atomic mass is 32.2. The number of carbonyl (C=O) groups excluding carboxylic acids is 1. The van der Waals surface area contributed by atoms with Crippen LogP contribution in [0.2, 0.25) is 0 Å². The number of aromatic nitrogens is 1. The van der Waals surface area contributed by atoms with E-state index >= 15 is 0 Å². The zero-order valence-corrected chi connectivity index (χ0v) is 12.9. The number of thioether (sulfide) groups is 1. The van der Waals surface area contributed by atoms with Crippen LogP contribution >= 0.6 is 11.8 Å². The number of benzene rings is 1. The van der Waals surface area contributed by atoms with Gasteiger partial charge in [0.1, 0.15) is 16.8 Å². The van der Waals surface area contributed by atoms with E-state index in [0.29, 0.717) is 22.9 Å². The highest BCUT2D eigenvalue weighted by Crippen LogP contribution is 2.20. The van der Waals surface area contributed by atoms with Gasteiger partial charge in [0.2, 0.25) is 5.91 Å². The van der Waals surface area contributed by atoms with Crippen LogP contribution in [0.1, 0.15) is 12.5 Å². The number of amides is 1. The molecule has 1 amide bonds. The van der Waals surface area contributed by atoms with Gasteiger partial charge in [-0.05, 0) is 43.3 Å². The van der Waals surface area contributed by atoms with Crippen LogP contribution in [-0.4, -0.2) is 23.3 Å². The number of nitrogens with zero attached hydrogens (tertiary/aromatic N) is 2. The van der Waals surface area contributed by atoms with Gasteiger partial charge < -0.3 is 10.1 Å². The maximum absolute atomic E-state index is 11.9. The van der Waals surface area contributed by atoms with Gasteiger partial charge in [-0.3, -0.25) is 4.79 Å². The molecule has 0 aliphatic heterocycles. The molecule has 2 aromatic rings. The lowest BCUT2D eigenvalue weighted by Crippen LogP contribution is -2.14. The van der Waals surface area contributed by atoms with Crippen molar-refractivity contribution in [1.29, 1.82) is 5.26 Å². The van der Waals surface area contributed by atoms with E-state index in [9.17, 15) is 4.79 Å². The van der Waals surface area contributed by atoms with Crippen molar-refractivity contribution in [2.75, 3.05) is 17.7 Å². The summed E-state index contributed by atoms with van der Waals surface area (Å²) in [5.74, 6) is 0.810. The molecule has 6 heteroatoms. The molecule has 1 heterocycles. The first-order valence-corrected chi connectivity index (χ1v) is 7.72. The Kier molecular flexibility index (Phi) is 5.81. The second-order valence-electron chi connectivity index (χ2n) is 4.26. The number of nitriles is 1. The molecule has 0 saturated heterocycles. The second-order valence-corrected chi connectivity index (χ2v) is 5.23. The molecule has 0 atom stereocenters. The summed E-state index contributed by atoms with van der Waals surface area (Å²) in [6, 6.07) is 12.6. The summed E-state index contributed by atoms with van der Waals surface area (Å²) in [6.07, 6.45) is 1.60. The Morgan fingerprint density at radius 1 is 1.36 bits per heavy atom. The highest BCUT2D eigenvalue weighted by molar-refractivity contribution is 8.00. The Morgan fingerprint density at radius 2 is 2.14 bits per heavy atom. The Morgan fingerprint density at radius 3 is 2.82 bits per heavy atom. The van der Waals surface area contributed by atoms with Crippen LogP contribution in [0, 0.1) is 11.3 Å². The quantitative estimate of drug-likeness (QED) is 0.829.